The van der Waals surface area contributed by atoms with Gasteiger partial charge >= 0.3 is 0 Å². The van der Waals surface area contributed by atoms with Gasteiger partial charge in [-0.05, 0) is 0 Å². The van der Waals surface area contributed by atoms with Crippen LogP contribution in [0.5, 0.6) is 0 Å². The molecule has 0 spiro atoms. The first kappa shape index (κ1) is 9.24. The number of hydrogen-bond donors (Lipinski definition) is 0. The summed E-state index contributed by atoms with van der Waals surface area (Å²) in [6, 6.07) is 0. The van der Waals surface area contributed by atoms with Crippen molar-refractivity contribution in [3.8, 4) is 0 Å². The van der Waals surface area contributed by atoms with Crippen LogP contribution >= 0.6 is 22.6 Å². The van der Waals surface area contributed by atoms with Crippen molar-refractivity contribution in [3.63, 3.8) is 0 Å². The van der Waals surface area contributed by atoms with E-state index in [1.807, 2.05) is 0 Å². The molecule has 0 aromatic carbocycles. The van der Waals surface area contributed by atoms with Gasteiger partial charge in [0.1, 0.15) is 0 Å². The van der Waals surface area contributed by atoms with Crippen LogP contribution in [0.1, 0.15) is 27.9 Å². The lowest BCUT2D eigenvalue weighted by molar-refractivity contribution is 0.100. The Morgan fingerprint density at radius 1 is 1.33 bits per heavy atom. The first-order chi connectivity index (χ1) is 5.61. The van der Waals surface area contributed by atoms with Gasteiger partial charge in [0, 0.05) is 41.9 Å². The van der Waals surface area contributed by atoms with E-state index in [1.54, 1.807) is 22.6 Å². The Morgan fingerprint density at radius 3 is 2.17 bits per heavy atom. The van der Waals surface area contributed by atoms with Gasteiger partial charge in [-0.25, -0.2) is 9.97 Å². The molecule has 0 atom stereocenters. The Labute approximate surface area is 82.6 Å². The molecule has 62 valence electrons. The maximum atomic E-state index is 10.7. The zero-order valence-corrected chi connectivity index (χ0v) is 8.40. The van der Waals surface area contributed by atoms with E-state index >= 15 is 0 Å². The molecular formula is C7H5IN2O2. The highest BCUT2D eigenvalue weighted by molar-refractivity contribution is 14.1. The summed E-state index contributed by atoms with van der Waals surface area (Å²) >= 11 is 1.63. The fourth-order valence-corrected chi connectivity index (χ4v) is 0.890. The zero-order valence-electron chi connectivity index (χ0n) is 6.24. The third kappa shape index (κ3) is 2.07. The molecule has 0 radical (unpaired) electrons. The number of Topliss-reactive ketones (excluding diaryl/α,β-unsaturated/α-hetero) is 1. The smallest absolute Gasteiger partial charge is 0.225 e. The first-order valence-electron chi connectivity index (χ1n) is 3.14. The van der Waals surface area contributed by atoms with Gasteiger partial charge in [-0.2, -0.15) is 0 Å². The maximum Gasteiger partial charge on any atom is 0.225 e. The van der Waals surface area contributed by atoms with Crippen molar-refractivity contribution in [2.45, 2.75) is 6.92 Å². The van der Waals surface area contributed by atoms with E-state index < -0.39 is 0 Å². The molecule has 0 unspecified atom stereocenters. The van der Waals surface area contributed by atoms with Gasteiger partial charge in [0.2, 0.25) is 3.79 Å². The molecule has 0 aliphatic heterocycles. The number of carbonyl (C=O) groups is 2. The number of halogens is 1. The average molecular weight is 276 g/mol. The summed E-state index contributed by atoms with van der Waals surface area (Å²) in [6.07, 6.45) is 2.69. The summed E-state index contributed by atoms with van der Waals surface area (Å²) in [7, 11) is 0. The minimum Gasteiger partial charge on any atom is -0.291 e. The molecule has 0 saturated heterocycles. The van der Waals surface area contributed by atoms with Crippen LogP contribution < -0.4 is 0 Å². The molecule has 1 aromatic rings. The van der Waals surface area contributed by atoms with E-state index in [0.29, 0.717) is 5.56 Å². The average Bonchev–Trinajstić information content (AvgIpc) is 2.04. The summed E-state index contributed by atoms with van der Waals surface area (Å²) in [5.41, 5.74) is 0.403. The van der Waals surface area contributed by atoms with Crippen LogP contribution in [0.4, 0.5) is 0 Å². The van der Waals surface area contributed by atoms with E-state index in [9.17, 15) is 9.59 Å². The lowest BCUT2D eigenvalue weighted by atomic mass is 10.3. The van der Waals surface area contributed by atoms with Crippen molar-refractivity contribution in [2.24, 2.45) is 0 Å². The number of aromatic nitrogens is 2. The van der Waals surface area contributed by atoms with E-state index in [0.717, 1.165) is 0 Å². The molecule has 0 saturated carbocycles. The Hall–Kier alpha value is -0.850. The number of hydrogen-bond acceptors (Lipinski definition) is 4. The van der Waals surface area contributed by atoms with E-state index in [4.69, 9.17) is 0 Å². The highest BCUT2D eigenvalue weighted by Crippen LogP contribution is 2.02. The van der Waals surface area contributed by atoms with Gasteiger partial charge in [0.15, 0.2) is 11.6 Å². The van der Waals surface area contributed by atoms with E-state index in [1.165, 1.54) is 19.3 Å². The molecule has 0 N–H and O–H groups in total. The van der Waals surface area contributed by atoms with E-state index in [-0.39, 0.29) is 15.4 Å². The number of nitrogens with zero attached hydrogens (tertiary/aromatic N) is 2. The third-order valence-electron chi connectivity index (χ3n) is 1.19. The lowest BCUT2D eigenvalue weighted by Crippen LogP contribution is -2.02. The molecule has 0 fully saturated rings. The SMILES string of the molecule is CC(=O)c1ncc(C(=O)I)cn1. The Bertz CT molecular complexity index is 288. The highest BCUT2D eigenvalue weighted by Gasteiger charge is 2.05. The molecule has 0 aliphatic carbocycles. The van der Waals surface area contributed by atoms with Crippen molar-refractivity contribution >= 4 is 32.2 Å². The summed E-state index contributed by atoms with van der Waals surface area (Å²) < 4.78 is -0.136. The summed E-state index contributed by atoms with van der Waals surface area (Å²) in [4.78, 5) is 28.9. The minimum absolute atomic E-state index is 0.136. The third-order valence-corrected chi connectivity index (χ3v) is 1.82. The van der Waals surface area contributed by atoms with Crippen molar-refractivity contribution in [1.82, 2.24) is 9.97 Å². The Kier molecular flexibility index (Phi) is 2.85. The second kappa shape index (κ2) is 3.70. The van der Waals surface area contributed by atoms with Crippen LogP contribution in [-0.4, -0.2) is 19.5 Å². The summed E-state index contributed by atoms with van der Waals surface area (Å²) in [5.74, 6) is -0.0705. The van der Waals surface area contributed by atoms with Crippen LogP contribution in [0.2, 0.25) is 0 Å². The van der Waals surface area contributed by atoms with Gasteiger partial charge in [-0.15, -0.1) is 0 Å². The van der Waals surface area contributed by atoms with Gasteiger partial charge < -0.3 is 0 Å². The predicted molar refractivity (Wildman–Crippen MR) is 50.4 cm³/mol. The molecule has 0 aliphatic rings. The highest BCUT2D eigenvalue weighted by atomic mass is 127. The largest absolute Gasteiger partial charge is 0.291 e. The van der Waals surface area contributed by atoms with Gasteiger partial charge in [-0.1, -0.05) is 0 Å². The molecule has 4 nitrogen and oxygen atoms in total. The lowest BCUT2D eigenvalue weighted by Gasteiger charge is -1.93. The predicted octanol–water partition coefficient (Wildman–Crippen LogP) is 1.25. The monoisotopic (exact) mass is 276 g/mol. The minimum atomic E-state index is -0.206. The molecular weight excluding hydrogens is 271 g/mol. The second-order valence-electron chi connectivity index (χ2n) is 2.13. The quantitative estimate of drug-likeness (QED) is 0.463. The molecule has 0 amide bonds. The summed E-state index contributed by atoms with van der Waals surface area (Å²) in [6.45, 7) is 1.38. The fraction of sp³-hybridized carbons (Fsp3) is 0.143. The number of ketones is 1. The van der Waals surface area contributed by atoms with Crippen LogP contribution in [-0.2, 0) is 0 Å². The van der Waals surface area contributed by atoms with Crippen molar-refractivity contribution in [1.29, 1.82) is 0 Å². The molecule has 5 heteroatoms. The van der Waals surface area contributed by atoms with E-state index in [2.05, 4.69) is 9.97 Å². The normalized spacial score (nSPS) is 9.50. The maximum absolute atomic E-state index is 10.7. The Morgan fingerprint density at radius 2 is 1.83 bits per heavy atom. The number of carbonyl (C=O) groups excluding carboxylic acids is 2. The topological polar surface area (TPSA) is 59.9 Å². The molecule has 1 aromatic heterocycles. The van der Waals surface area contributed by atoms with Crippen LogP contribution in [0.15, 0.2) is 12.4 Å². The molecule has 12 heavy (non-hydrogen) atoms. The van der Waals surface area contributed by atoms with Crippen molar-refractivity contribution < 1.29 is 9.59 Å². The first-order valence-corrected chi connectivity index (χ1v) is 4.22. The second-order valence-corrected chi connectivity index (χ2v) is 3.11. The Balaban J connectivity index is 3.01. The van der Waals surface area contributed by atoms with Gasteiger partial charge in [0.05, 0.1) is 5.56 Å². The molecule has 0 bridgehead atoms. The van der Waals surface area contributed by atoms with Crippen LogP contribution in [0, 0.1) is 0 Å². The zero-order chi connectivity index (χ0) is 9.14. The van der Waals surface area contributed by atoms with Crippen LogP contribution in [0.25, 0.3) is 0 Å². The van der Waals surface area contributed by atoms with Crippen molar-refractivity contribution in [3.05, 3.63) is 23.8 Å². The fourth-order valence-electron chi connectivity index (χ4n) is 0.611. The summed E-state index contributed by atoms with van der Waals surface area (Å²) in [5, 5.41) is 0. The van der Waals surface area contributed by atoms with Crippen molar-refractivity contribution in [2.75, 3.05) is 0 Å². The van der Waals surface area contributed by atoms with Gasteiger partial charge in [-0.3, -0.25) is 9.59 Å². The number of rotatable bonds is 2. The standard InChI is InChI=1S/C7H5IN2O2/c1-4(11)7-9-2-5(3-10-7)6(8)12/h2-3H,1H3. The van der Waals surface area contributed by atoms with Gasteiger partial charge in [0.25, 0.3) is 0 Å². The van der Waals surface area contributed by atoms with Crippen LogP contribution in [0.3, 0.4) is 0 Å². The molecule has 1 rings (SSSR count). The molecule has 1 heterocycles.